The van der Waals surface area contributed by atoms with Crippen molar-refractivity contribution in [2.75, 3.05) is 13.6 Å². The summed E-state index contributed by atoms with van der Waals surface area (Å²) < 4.78 is 0. The van der Waals surface area contributed by atoms with Crippen LogP contribution in [0.15, 0.2) is 0 Å². The van der Waals surface area contributed by atoms with E-state index < -0.39 is 0 Å². The van der Waals surface area contributed by atoms with Crippen LogP contribution in [0.5, 0.6) is 0 Å². The summed E-state index contributed by atoms with van der Waals surface area (Å²) in [5.41, 5.74) is 0. The summed E-state index contributed by atoms with van der Waals surface area (Å²) in [5.74, 6) is 11.0. The lowest BCUT2D eigenvalue weighted by atomic mass is 9.52. The van der Waals surface area contributed by atoms with Gasteiger partial charge < -0.3 is 5.48 Å². The molecule has 0 aromatic carbocycles. The van der Waals surface area contributed by atoms with Crippen molar-refractivity contribution in [3.8, 4) is 0 Å². The summed E-state index contributed by atoms with van der Waals surface area (Å²) in [4.78, 5) is 0. The quantitative estimate of drug-likeness (QED) is 0.594. The fourth-order valence-corrected chi connectivity index (χ4v) is 4.67. The molecule has 4 aliphatic carbocycles. The van der Waals surface area contributed by atoms with Gasteiger partial charge in [0.05, 0.1) is 0 Å². The van der Waals surface area contributed by atoms with E-state index in [1.54, 1.807) is 6.42 Å². The van der Waals surface area contributed by atoms with Crippen molar-refractivity contribution in [2.24, 2.45) is 35.4 Å². The number of rotatable bonds is 2. The van der Waals surface area contributed by atoms with Crippen molar-refractivity contribution in [1.29, 1.82) is 0 Å². The maximum absolute atomic E-state index is 5.81. The Bertz CT molecular complexity index is 207. The number of halogens is 1. The smallest absolute Gasteiger partial charge is 0.0159 e. The first-order valence-electron chi connectivity index (χ1n) is 6.18. The summed E-state index contributed by atoms with van der Waals surface area (Å²) in [6.07, 6.45) is 7.63. The molecule has 0 radical (unpaired) electrons. The minimum Gasteiger partial charge on any atom is -0.412 e. The molecular weight excluding hydrogens is 224 g/mol. The molecule has 0 aliphatic heterocycles. The Labute approximate surface area is 104 Å². The third kappa shape index (κ3) is 2.37. The maximum Gasteiger partial charge on any atom is 0.0159 e. The second-order valence-electron chi connectivity index (χ2n) is 6.03. The molecule has 4 aliphatic rings. The Balaban J connectivity index is 0.000000640. The van der Waals surface area contributed by atoms with Gasteiger partial charge in [-0.2, -0.15) is 0 Å². The largest absolute Gasteiger partial charge is 0.412 e. The van der Waals surface area contributed by atoms with E-state index in [1.165, 1.54) is 25.7 Å². The number of hydrazine groups is 1. The summed E-state index contributed by atoms with van der Waals surface area (Å²) in [7, 11) is 2.02. The van der Waals surface area contributed by atoms with Crippen LogP contribution in [0.1, 0.15) is 32.1 Å². The molecule has 0 aromatic heterocycles. The molecule has 96 valence electrons. The molecule has 0 spiro atoms. The second-order valence-corrected chi connectivity index (χ2v) is 6.03. The molecular formula is C12H25ClN2O. The number of hydrogen-bond acceptors (Lipinski definition) is 2. The highest BCUT2D eigenvalue weighted by Gasteiger charge is 2.47. The lowest BCUT2D eigenvalue weighted by molar-refractivity contribution is -0.0467. The maximum atomic E-state index is 5.81. The van der Waals surface area contributed by atoms with Gasteiger partial charge in [0.2, 0.25) is 0 Å². The van der Waals surface area contributed by atoms with Crippen LogP contribution in [0.3, 0.4) is 0 Å². The zero-order chi connectivity index (χ0) is 9.71. The number of hydrogen-bond donors (Lipinski definition) is 1. The first kappa shape index (κ1) is 14.2. The lowest BCUT2D eigenvalue weighted by Crippen LogP contribution is -2.49. The van der Waals surface area contributed by atoms with E-state index in [9.17, 15) is 0 Å². The van der Waals surface area contributed by atoms with E-state index in [1.807, 2.05) is 12.1 Å². The average molecular weight is 249 g/mol. The van der Waals surface area contributed by atoms with Crippen molar-refractivity contribution >= 4 is 12.4 Å². The van der Waals surface area contributed by atoms with Crippen molar-refractivity contribution < 1.29 is 5.48 Å². The van der Waals surface area contributed by atoms with Gasteiger partial charge in [-0.1, -0.05) is 0 Å². The van der Waals surface area contributed by atoms with Gasteiger partial charge in [0.1, 0.15) is 0 Å². The molecule has 4 saturated carbocycles. The Hall–Kier alpha value is 0.170. The molecule has 4 bridgehead atoms. The van der Waals surface area contributed by atoms with Crippen molar-refractivity contribution in [1.82, 2.24) is 5.01 Å². The topological polar surface area (TPSA) is 60.8 Å². The Morgan fingerprint density at radius 1 is 1.00 bits per heavy atom. The van der Waals surface area contributed by atoms with Gasteiger partial charge in [0.25, 0.3) is 0 Å². The molecule has 3 nitrogen and oxygen atoms in total. The van der Waals surface area contributed by atoms with Gasteiger partial charge in [-0.3, -0.25) is 5.84 Å². The van der Waals surface area contributed by atoms with Crippen LogP contribution in [0, 0.1) is 29.6 Å². The zero-order valence-corrected chi connectivity index (χ0v) is 10.9. The summed E-state index contributed by atoms with van der Waals surface area (Å²) >= 11 is 0. The minimum atomic E-state index is 0. The second kappa shape index (κ2) is 5.21. The van der Waals surface area contributed by atoms with Gasteiger partial charge in [-0.25, -0.2) is 5.01 Å². The lowest BCUT2D eigenvalue weighted by Gasteiger charge is -2.55. The Kier molecular flexibility index (Phi) is 4.64. The van der Waals surface area contributed by atoms with Gasteiger partial charge in [0, 0.05) is 13.6 Å². The van der Waals surface area contributed by atoms with Gasteiger partial charge in [0.15, 0.2) is 0 Å². The fraction of sp³-hybridized carbons (Fsp3) is 1.00. The van der Waals surface area contributed by atoms with E-state index in [-0.39, 0.29) is 17.9 Å². The summed E-state index contributed by atoms with van der Waals surface area (Å²) in [6.45, 7) is 1.13. The van der Waals surface area contributed by atoms with E-state index in [0.29, 0.717) is 0 Å². The summed E-state index contributed by atoms with van der Waals surface area (Å²) in [6, 6.07) is 0. The van der Waals surface area contributed by atoms with E-state index in [4.69, 9.17) is 5.84 Å². The Morgan fingerprint density at radius 2 is 1.44 bits per heavy atom. The predicted octanol–water partition coefficient (Wildman–Crippen LogP) is 1.46. The van der Waals surface area contributed by atoms with Crippen LogP contribution in [0.25, 0.3) is 0 Å². The molecule has 4 heteroatoms. The third-order valence-corrected chi connectivity index (χ3v) is 4.92. The van der Waals surface area contributed by atoms with Crippen molar-refractivity contribution in [3.63, 3.8) is 0 Å². The molecule has 16 heavy (non-hydrogen) atoms. The third-order valence-electron chi connectivity index (χ3n) is 4.92. The van der Waals surface area contributed by atoms with Crippen molar-refractivity contribution in [3.05, 3.63) is 0 Å². The number of nitrogens with two attached hydrogens (primary N) is 1. The molecule has 0 saturated heterocycles. The highest BCUT2D eigenvalue weighted by Crippen LogP contribution is 2.56. The molecule has 0 heterocycles. The van der Waals surface area contributed by atoms with Gasteiger partial charge in [-0.05, 0) is 61.7 Å². The SMILES string of the molecule is CN(N)CC1C2CC3CC(C2)CC1C3.Cl.O. The highest BCUT2D eigenvalue weighted by molar-refractivity contribution is 5.85. The fourth-order valence-electron chi connectivity index (χ4n) is 4.67. The van der Waals surface area contributed by atoms with E-state index in [0.717, 1.165) is 36.1 Å². The van der Waals surface area contributed by atoms with E-state index >= 15 is 0 Å². The first-order valence-corrected chi connectivity index (χ1v) is 6.18. The summed E-state index contributed by atoms with van der Waals surface area (Å²) in [5, 5.41) is 1.91. The van der Waals surface area contributed by atoms with Crippen LogP contribution in [0.4, 0.5) is 0 Å². The molecule has 0 unspecified atom stereocenters. The average Bonchev–Trinajstić information content (AvgIpc) is 2.09. The molecule has 4 rings (SSSR count). The van der Waals surface area contributed by atoms with Crippen LogP contribution in [-0.2, 0) is 0 Å². The standard InChI is InChI=1S/C12H22N2.ClH.H2O/c1-14(13)7-12-10-3-8-2-9(5-10)6-11(12)4-8;;/h8-12H,2-7,13H2,1H3;1H;1H2. The first-order chi connectivity index (χ1) is 6.72. The van der Waals surface area contributed by atoms with Crippen LogP contribution < -0.4 is 5.84 Å². The molecule has 0 amide bonds. The Morgan fingerprint density at radius 3 is 1.81 bits per heavy atom. The van der Waals surface area contributed by atoms with Crippen LogP contribution >= 0.6 is 12.4 Å². The highest BCUT2D eigenvalue weighted by atomic mass is 35.5. The monoisotopic (exact) mass is 248 g/mol. The van der Waals surface area contributed by atoms with E-state index in [2.05, 4.69) is 0 Å². The minimum absolute atomic E-state index is 0. The molecule has 4 N–H and O–H groups in total. The van der Waals surface area contributed by atoms with Gasteiger partial charge in [-0.15, -0.1) is 12.4 Å². The van der Waals surface area contributed by atoms with Crippen LogP contribution in [-0.4, -0.2) is 24.1 Å². The van der Waals surface area contributed by atoms with Crippen molar-refractivity contribution in [2.45, 2.75) is 32.1 Å². The zero-order valence-electron chi connectivity index (χ0n) is 10.1. The number of nitrogens with zero attached hydrogens (tertiary/aromatic N) is 1. The predicted molar refractivity (Wildman–Crippen MR) is 68.2 cm³/mol. The molecule has 4 fully saturated rings. The van der Waals surface area contributed by atoms with Gasteiger partial charge >= 0.3 is 0 Å². The van der Waals surface area contributed by atoms with Crippen LogP contribution in [0.2, 0.25) is 0 Å². The molecule has 0 aromatic rings. The molecule has 0 atom stereocenters. The normalized spacial score (nSPS) is 44.1.